The summed E-state index contributed by atoms with van der Waals surface area (Å²) in [5.41, 5.74) is 3.11. The highest BCUT2D eigenvalue weighted by atomic mass is 32.2. The Hall–Kier alpha value is -0.0600. The second-order valence-corrected chi connectivity index (χ2v) is 5.81. The van der Waals surface area contributed by atoms with Crippen LogP contribution in [0.2, 0.25) is 0 Å². The Kier molecular flexibility index (Phi) is 3.84. The predicted molar refractivity (Wildman–Crippen MR) is 64.0 cm³/mol. The summed E-state index contributed by atoms with van der Waals surface area (Å²) in [5.74, 6) is 3.59. The van der Waals surface area contributed by atoms with E-state index in [1.165, 1.54) is 35.0 Å². The van der Waals surface area contributed by atoms with Crippen LogP contribution in [0.5, 0.6) is 0 Å². The molecule has 2 heterocycles. The molecule has 2 nitrogen and oxygen atoms in total. The molecule has 1 aromatic heterocycles. The number of rotatable bonds is 4. The minimum Gasteiger partial charge on any atom is -0.311 e. The molecular weight excluding hydrogens is 212 g/mol. The molecule has 1 N–H and O–H groups in total. The summed E-state index contributed by atoms with van der Waals surface area (Å²) in [7, 11) is 0. The van der Waals surface area contributed by atoms with Crippen LogP contribution in [-0.2, 0) is 6.54 Å². The van der Waals surface area contributed by atoms with Crippen LogP contribution in [0.25, 0.3) is 0 Å². The summed E-state index contributed by atoms with van der Waals surface area (Å²) in [4.78, 5) is 5.63. The number of aromatic nitrogens is 1. The predicted octanol–water partition coefficient (Wildman–Crippen LogP) is 2.29. The van der Waals surface area contributed by atoms with Crippen molar-refractivity contribution in [1.82, 2.24) is 10.3 Å². The molecule has 1 unspecified atom stereocenters. The fraction of sp³-hybridized carbons (Fsp3) is 0.700. The van der Waals surface area contributed by atoms with E-state index in [0.29, 0.717) is 0 Å². The van der Waals surface area contributed by atoms with Gasteiger partial charge in [-0.05, 0) is 37.3 Å². The summed E-state index contributed by atoms with van der Waals surface area (Å²) in [6.45, 7) is 4.25. The van der Waals surface area contributed by atoms with Gasteiger partial charge in [0, 0.05) is 11.4 Å². The highest BCUT2D eigenvalue weighted by Gasteiger charge is 2.14. The maximum absolute atomic E-state index is 4.24. The number of nitrogens with one attached hydrogen (secondary N) is 1. The normalized spacial score (nSPS) is 21.6. The van der Waals surface area contributed by atoms with Gasteiger partial charge in [0.2, 0.25) is 0 Å². The molecule has 78 valence electrons. The first kappa shape index (κ1) is 10.5. The molecule has 0 amide bonds. The molecule has 0 saturated carbocycles. The Morgan fingerprint density at radius 1 is 1.64 bits per heavy atom. The average Bonchev–Trinajstić information content (AvgIpc) is 2.78. The van der Waals surface area contributed by atoms with Gasteiger partial charge in [-0.25, -0.2) is 4.98 Å². The number of hydrogen-bond acceptors (Lipinski definition) is 4. The van der Waals surface area contributed by atoms with Crippen LogP contribution in [0.15, 0.2) is 5.51 Å². The van der Waals surface area contributed by atoms with Gasteiger partial charge in [0.25, 0.3) is 0 Å². The standard InChI is InChI=1S/C10H16N2S2/c1-8-10(14-7-12-8)5-11-4-9-2-3-13-6-9/h7,9,11H,2-6H2,1H3. The van der Waals surface area contributed by atoms with Crippen molar-refractivity contribution < 1.29 is 0 Å². The van der Waals surface area contributed by atoms with E-state index in [9.17, 15) is 0 Å². The lowest BCUT2D eigenvalue weighted by Gasteiger charge is -2.08. The minimum absolute atomic E-state index is 0.897. The average molecular weight is 228 g/mol. The van der Waals surface area contributed by atoms with Crippen LogP contribution in [0, 0.1) is 12.8 Å². The van der Waals surface area contributed by atoms with Crippen molar-refractivity contribution in [1.29, 1.82) is 0 Å². The SMILES string of the molecule is Cc1ncsc1CNCC1CCSC1. The summed E-state index contributed by atoms with van der Waals surface area (Å²) in [6.07, 6.45) is 1.39. The van der Waals surface area contributed by atoms with Gasteiger partial charge < -0.3 is 5.32 Å². The number of nitrogens with zero attached hydrogens (tertiary/aromatic N) is 1. The lowest BCUT2D eigenvalue weighted by Crippen LogP contribution is -2.22. The first-order valence-electron chi connectivity index (χ1n) is 5.03. The van der Waals surface area contributed by atoms with Crippen LogP contribution in [0.1, 0.15) is 17.0 Å². The summed E-state index contributed by atoms with van der Waals surface area (Å²) in [6, 6.07) is 0. The summed E-state index contributed by atoms with van der Waals surface area (Å²) in [5, 5.41) is 3.53. The minimum atomic E-state index is 0.897. The Morgan fingerprint density at radius 3 is 3.21 bits per heavy atom. The molecule has 0 radical (unpaired) electrons. The van der Waals surface area contributed by atoms with Gasteiger partial charge in [-0.1, -0.05) is 0 Å². The maximum Gasteiger partial charge on any atom is 0.0798 e. The third-order valence-electron chi connectivity index (χ3n) is 2.59. The molecule has 14 heavy (non-hydrogen) atoms. The van der Waals surface area contributed by atoms with Gasteiger partial charge in [-0.3, -0.25) is 0 Å². The molecule has 0 aliphatic carbocycles. The molecule has 2 rings (SSSR count). The lowest BCUT2D eigenvalue weighted by atomic mass is 10.1. The highest BCUT2D eigenvalue weighted by molar-refractivity contribution is 7.99. The fourth-order valence-corrected chi connectivity index (χ4v) is 3.66. The Morgan fingerprint density at radius 2 is 2.57 bits per heavy atom. The third-order valence-corrected chi connectivity index (χ3v) is 4.75. The van der Waals surface area contributed by atoms with Crippen molar-refractivity contribution in [2.45, 2.75) is 19.9 Å². The van der Waals surface area contributed by atoms with Crippen molar-refractivity contribution in [3.8, 4) is 0 Å². The topological polar surface area (TPSA) is 24.9 Å². The molecule has 0 aromatic carbocycles. The molecular formula is C10H16N2S2. The van der Waals surface area contributed by atoms with Gasteiger partial charge >= 0.3 is 0 Å². The van der Waals surface area contributed by atoms with E-state index in [4.69, 9.17) is 0 Å². The van der Waals surface area contributed by atoms with Gasteiger partial charge in [-0.15, -0.1) is 11.3 Å². The first-order valence-corrected chi connectivity index (χ1v) is 7.07. The molecule has 0 bridgehead atoms. The largest absolute Gasteiger partial charge is 0.311 e. The summed E-state index contributed by atoms with van der Waals surface area (Å²) >= 11 is 3.84. The number of hydrogen-bond donors (Lipinski definition) is 1. The zero-order valence-electron chi connectivity index (χ0n) is 8.45. The number of aryl methyl sites for hydroxylation is 1. The maximum atomic E-state index is 4.24. The fourth-order valence-electron chi connectivity index (χ4n) is 1.63. The zero-order chi connectivity index (χ0) is 9.80. The molecule has 1 saturated heterocycles. The second kappa shape index (κ2) is 5.14. The number of thioether (sulfide) groups is 1. The highest BCUT2D eigenvalue weighted by Crippen LogP contribution is 2.22. The molecule has 1 aliphatic heterocycles. The Bertz CT molecular complexity index is 279. The van der Waals surface area contributed by atoms with E-state index in [2.05, 4.69) is 29.0 Å². The van der Waals surface area contributed by atoms with E-state index in [1.807, 2.05) is 5.51 Å². The molecule has 1 aromatic rings. The molecule has 4 heteroatoms. The van der Waals surface area contributed by atoms with Gasteiger partial charge in [0.15, 0.2) is 0 Å². The summed E-state index contributed by atoms with van der Waals surface area (Å²) < 4.78 is 0. The van der Waals surface area contributed by atoms with Gasteiger partial charge in [-0.2, -0.15) is 11.8 Å². The molecule has 1 aliphatic rings. The van der Waals surface area contributed by atoms with Crippen molar-refractivity contribution in [3.63, 3.8) is 0 Å². The van der Waals surface area contributed by atoms with Crippen LogP contribution < -0.4 is 5.32 Å². The van der Waals surface area contributed by atoms with Crippen molar-refractivity contribution >= 4 is 23.1 Å². The van der Waals surface area contributed by atoms with Crippen LogP contribution in [0.3, 0.4) is 0 Å². The quantitative estimate of drug-likeness (QED) is 0.856. The lowest BCUT2D eigenvalue weighted by molar-refractivity contribution is 0.524. The van der Waals surface area contributed by atoms with E-state index in [-0.39, 0.29) is 0 Å². The van der Waals surface area contributed by atoms with E-state index < -0.39 is 0 Å². The van der Waals surface area contributed by atoms with Crippen LogP contribution >= 0.6 is 23.1 Å². The van der Waals surface area contributed by atoms with E-state index in [1.54, 1.807) is 11.3 Å². The molecule has 0 spiro atoms. The Labute approximate surface area is 93.5 Å². The van der Waals surface area contributed by atoms with Crippen molar-refractivity contribution in [3.05, 3.63) is 16.1 Å². The van der Waals surface area contributed by atoms with Crippen molar-refractivity contribution in [2.24, 2.45) is 5.92 Å². The third kappa shape index (κ3) is 2.72. The smallest absolute Gasteiger partial charge is 0.0798 e. The first-order chi connectivity index (χ1) is 6.86. The number of thiazole rings is 1. The van der Waals surface area contributed by atoms with E-state index >= 15 is 0 Å². The molecule has 1 fully saturated rings. The Balaban J connectivity index is 1.70. The van der Waals surface area contributed by atoms with Crippen LogP contribution in [0.4, 0.5) is 0 Å². The molecule has 1 atom stereocenters. The van der Waals surface area contributed by atoms with Crippen molar-refractivity contribution in [2.75, 3.05) is 18.1 Å². The van der Waals surface area contributed by atoms with E-state index in [0.717, 1.165) is 12.5 Å². The van der Waals surface area contributed by atoms with Gasteiger partial charge in [0.1, 0.15) is 0 Å². The second-order valence-electron chi connectivity index (χ2n) is 3.72. The van der Waals surface area contributed by atoms with Gasteiger partial charge in [0.05, 0.1) is 11.2 Å². The monoisotopic (exact) mass is 228 g/mol. The zero-order valence-corrected chi connectivity index (χ0v) is 10.1. The van der Waals surface area contributed by atoms with Crippen LogP contribution in [-0.4, -0.2) is 23.0 Å².